The van der Waals surface area contributed by atoms with Crippen molar-refractivity contribution in [1.82, 2.24) is 0 Å². The molecule has 0 unspecified atom stereocenters. The van der Waals surface area contributed by atoms with Crippen LogP contribution in [0, 0.1) is 6.92 Å². The van der Waals surface area contributed by atoms with Gasteiger partial charge in [-0.15, -0.1) is 0 Å². The van der Waals surface area contributed by atoms with E-state index in [0.717, 1.165) is 12.1 Å². The van der Waals surface area contributed by atoms with Gasteiger partial charge in [0.15, 0.2) is 0 Å². The predicted molar refractivity (Wildman–Crippen MR) is 50.3 cm³/mol. The minimum atomic E-state index is -4.42. The molecular formula is C11H12F4. The van der Waals surface area contributed by atoms with Crippen molar-refractivity contribution >= 4 is 0 Å². The van der Waals surface area contributed by atoms with Crippen LogP contribution in [0.1, 0.15) is 30.5 Å². The molecular weight excluding hydrogens is 208 g/mol. The third-order valence-electron chi connectivity index (χ3n) is 2.09. The molecule has 0 fully saturated rings. The van der Waals surface area contributed by atoms with Gasteiger partial charge in [-0.1, -0.05) is 11.6 Å². The molecule has 0 saturated heterocycles. The Balaban J connectivity index is 3.30. The molecule has 0 aromatic heterocycles. The van der Waals surface area contributed by atoms with Crippen LogP contribution in [-0.4, -0.2) is 0 Å². The van der Waals surface area contributed by atoms with Gasteiger partial charge in [-0.25, -0.2) is 4.39 Å². The van der Waals surface area contributed by atoms with E-state index < -0.39 is 17.4 Å². The zero-order valence-corrected chi connectivity index (χ0v) is 8.74. The molecule has 0 saturated carbocycles. The summed E-state index contributed by atoms with van der Waals surface area (Å²) in [7, 11) is 0. The van der Waals surface area contributed by atoms with E-state index in [1.54, 1.807) is 0 Å². The molecule has 0 spiro atoms. The van der Waals surface area contributed by atoms with Gasteiger partial charge >= 0.3 is 6.18 Å². The Labute approximate surface area is 85.9 Å². The zero-order valence-electron chi connectivity index (χ0n) is 8.74. The highest BCUT2D eigenvalue weighted by Gasteiger charge is 2.32. The first kappa shape index (κ1) is 12.0. The first-order valence-electron chi connectivity index (χ1n) is 4.49. The fraction of sp³-hybridized carbons (Fsp3) is 0.455. The molecule has 1 aromatic rings. The fourth-order valence-corrected chi connectivity index (χ4v) is 1.29. The molecule has 1 rings (SSSR count). The van der Waals surface area contributed by atoms with Crippen molar-refractivity contribution in [3.8, 4) is 0 Å². The van der Waals surface area contributed by atoms with E-state index in [1.165, 1.54) is 26.8 Å². The van der Waals surface area contributed by atoms with Gasteiger partial charge in [-0.3, -0.25) is 0 Å². The van der Waals surface area contributed by atoms with Gasteiger partial charge in [-0.05, 0) is 38.5 Å². The van der Waals surface area contributed by atoms with Crippen molar-refractivity contribution in [3.05, 3.63) is 34.9 Å². The summed E-state index contributed by atoms with van der Waals surface area (Å²) in [4.78, 5) is 0. The summed E-state index contributed by atoms with van der Waals surface area (Å²) in [5.41, 5.74) is -2.10. The molecule has 15 heavy (non-hydrogen) atoms. The lowest BCUT2D eigenvalue weighted by Gasteiger charge is -2.17. The number of hydrogen-bond acceptors (Lipinski definition) is 0. The Morgan fingerprint density at radius 3 is 1.73 bits per heavy atom. The van der Waals surface area contributed by atoms with Crippen LogP contribution in [-0.2, 0) is 11.8 Å². The van der Waals surface area contributed by atoms with Crippen LogP contribution >= 0.6 is 0 Å². The highest BCUT2D eigenvalue weighted by atomic mass is 19.4. The largest absolute Gasteiger partial charge is 0.416 e. The summed E-state index contributed by atoms with van der Waals surface area (Å²) < 4.78 is 50.7. The van der Waals surface area contributed by atoms with Crippen LogP contribution in [0.25, 0.3) is 0 Å². The maximum atomic E-state index is 13.5. The summed E-state index contributed by atoms with van der Waals surface area (Å²) >= 11 is 0. The van der Waals surface area contributed by atoms with E-state index in [0.29, 0.717) is 5.56 Å². The second-order valence-electron chi connectivity index (χ2n) is 4.06. The molecule has 0 heterocycles. The molecule has 4 heteroatoms. The summed E-state index contributed by atoms with van der Waals surface area (Å²) in [5.74, 6) is 0. The number of alkyl halides is 4. The van der Waals surface area contributed by atoms with E-state index >= 15 is 0 Å². The van der Waals surface area contributed by atoms with Gasteiger partial charge in [-0.2, -0.15) is 13.2 Å². The van der Waals surface area contributed by atoms with Gasteiger partial charge < -0.3 is 0 Å². The smallest absolute Gasteiger partial charge is 0.239 e. The Morgan fingerprint density at radius 2 is 1.33 bits per heavy atom. The van der Waals surface area contributed by atoms with Crippen molar-refractivity contribution < 1.29 is 17.6 Å². The van der Waals surface area contributed by atoms with E-state index in [4.69, 9.17) is 0 Å². The Kier molecular flexibility index (Phi) is 2.81. The minimum Gasteiger partial charge on any atom is -0.239 e. The number of aryl methyl sites for hydroxylation is 1. The molecule has 0 N–H and O–H groups in total. The topological polar surface area (TPSA) is 0 Å². The third-order valence-corrected chi connectivity index (χ3v) is 2.09. The SMILES string of the molecule is Cc1cc(C(C)(C)F)cc(C(F)(F)F)c1. The summed E-state index contributed by atoms with van der Waals surface area (Å²) in [5, 5.41) is 0. The Hall–Kier alpha value is -1.06. The van der Waals surface area contributed by atoms with Crippen molar-refractivity contribution in [2.45, 2.75) is 32.6 Å². The molecule has 0 aliphatic heterocycles. The van der Waals surface area contributed by atoms with Crippen molar-refractivity contribution in [2.75, 3.05) is 0 Å². The molecule has 0 bridgehead atoms. The molecule has 0 atom stereocenters. The molecule has 0 nitrogen and oxygen atoms in total. The maximum absolute atomic E-state index is 13.5. The molecule has 0 aliphatic rings. The number of hydrogen-bond donors (Lipinski definition) is 0. The van der Waals surface area contributed by atoms with Gasteiger partial charge in [0, 0.05) is 0 Å². The third kappa shape index (κ3) is 2.94. The van der Waals surface area contributed by atoms with Crippen molar-refractivity contribution in [1.29, 1.82) is 0 Å². The molecule has 84 valence electrons. The highest BCUT2D eigenvalue weighted by molar-refractivity contribution is 5.34. The van der Waals surface area contributed by atoms with Gasteiger partial charge in [0.25, 0.3) is 0 Å². The minimum absolute atomic E-state index is 0.0508. The molecule has 0 aliphatic carbocycles. The molecule has 0 radical (unpaired) electrons. The van der Waals surface area contributed by atoms with Gasteiger partial charge in [0.05, 0.1) is 5.56 Å². The lowest BCUT2D eigenvalue weighted by molar-refractivity contribution is -0.137. The van der Waals surface area contributed by atoms with E-state index in [9.17, 15) is 17.6 Å². The second-order valence-corrected chi connectivity index (χ2v) is 4.06. The summed E-state index contributed by atoms with van der Waals surface area (Å²) in [6.45, 7) is 3.99. The van der Waals surface area contributed by atoms with E-state index in [1.807, 2.05) is 0 Å². The van der Waals surface area contributed by atoms with E-state index in [-0.39, 0.29) is 5.56 Å². The Bertz CT molecular complexity index is 326. The van der Waals surface area contributed by atoms with Gasteiger partial charge in [0.1, 0.15) is 5.67 Å². The first-order valence-corrected chi connectivity index (χ1v) is 4.49. The number of benzene rings is 1. The molecule has 1 aromatic carbocycles. The second kappa shape index (κ2) is 3.51. The van der Waals surface area contributed by atoms with Crippen LogP contribution in [0.3, 0.4) is 0 Å². The maximum Gasteiger partial charge on any atom is 0.416 e. The zero-order chi connectivity index (χ0) is 11.9. The van der Waals surface area contributed by atoms with Crippen molar-refractivity contribution in [2.24, 2.45) is 0 Å². The lowest BCUT2D eigenvalue weighted by Crippen LogP contribution is -2.13. The van der Waals surface area contributed by atoms with Crippen LogP contribution in [0.4, 0.5) is 17.6 Å². The number of halogens is 4. The monoisotopic (exact) mass is 220 g/mol. The van der Waals surface area contributed by atoms with E-state index in [2.05, 4.69) is 0 Å². The molecule has 0 amide bonds. The summed E-state index contributed by atoms with van der Waals surface area (Å²) in [6.07, 6.45) is -4.42. The fourth-order valence-electron chi connectivity index (χ4n) is 1.29. The quantitative estimate of drug-likeness (QED) is 0.621. The average Bonchev–Trinajstić information content (AvgIpc) is 1.99. The van der Waals surface area contributed by atoms with Gasteiger partial charge in [0.2, 0.25) is 0 Å². The lowest BCUT2D eigenvalue weighted by atomic mass is 9.96. The first-order chi connectivity index (χ1) is 6.60. The highest BCUT2D eigenvalue weighted by Crippen LogP contribution is 2.34. The normalized spacial score (nSPS) is 13.0. The Morgan fingerprint density at radius 1 is 0.867 bits per heavy atom. The van der Waals surface area contributed by atoms with Crippen molar-refractivity contribution in [3.63, 3.8) is 0 Å². The standard InChI is InChI=1S/C11H12F4/c1-7-4-8(10(2,3)12)6-9(5-7)11(13,14)15/h4-6H,1-3H3. The van der Waals surface area contributed by atoms with Crippen LogP contribution in [0.5, 0.6) is 0 Å². The predicted octanol–water partition coefficient (Wildman–Crippen LogP) is 4.22. The van der Waals surface area contributed by atoms with Crippen LogP contribution < -0.4 is 0 Å². The average molecular weight is 220 g/mol. The van der Waals surface area contributed by atoms with Crippen LogP contribution in [0.15, 0.2) is 18.2 Å². The summed E-state index contributed by atoms with van der Waals surface area (Å²) in [6, 6.07) is 3.29. The van der Waals surface area contributed by atoms with Crippen LogP contribution in [0.2, 0.25) is 0 Å². The number of rotatable bonds is 1.